The Balaban J connectivity index is 0.000000511. The van der Waals surface area contributed by atoms with Gasteiger partial charge in [-0.25, -0.2) is 19.7 Å². The van der Waals surface area contributed by atoms with Crippen molar-refractivity contribution in [2.45, 2.75) is 59.7 Å². The predicted molar refractivity (Wildman–Crippen MR) is 98.5 cm³/mol. The minimum atomic E-state index is -1.01. The monoisotopic (exact) mass is 378 g/mol. The van der Waals surface area contributed by atoms with Gasteiger partial charge in [0, 0.05) is 0 Å². The predicted octanol–water partition coefficient (Wildman–Crippen LogP) is 4.01. The minimum Gasteiger partial charge on any atom is -0.478 e. The number of alkyl carbamates (subject to hydrolysis) is 2. The number of imide groups is 1. The zero-order chi connectivity index (χ0) is 21.4. The Morgan fingerprint density at radius 3 is 1.78 bits per heavy atom. The van der Waals surface area contributed by atoms with Gasteiger partial charge in [-0.15, -0.1) is 0 Å². The largest absolute Gasteiger partial charge is 0.478 e. The molecule has 0 spiro atoms. The number of rotatable bonds is 1. The molecule has 0 unspecified atom stereocenters. The van der Waals surface area contributed by atoms with E-state index >= 15 is 0 Å². The number of amides is 2. The number of carbonyl (C=O) groups excluding carboxylic acids is 2. The second kappa shape index (κ2) is 9.57. The summed E-state index contributed by atoms with van der Waals surface area (Å²) in [7, 11) is 0. The third kappa shape index (κ3) is 11.2. The normalized spacial score (nSPS) is 10.6. The lowest BCUT2D eigenvalue weighted by molar-refractivity contribution is 0.0352. The summed E-state index contributed by atoms with van der Waals surface area (Å²) in [5, 5.41) is 19.1. The van der Waals surface area contributed by atoms with Crippen molar-refractivity contribution >= 4 is 18.2 Å². The standard InChI is InChI=1S/C10H19NO4.C9H7NO2/c1-9(2,3)14-7(12)11-8(13)15-10(4,5)6;1-6-2-3-7(9(11)12)4-8(6)5-10/h1-6H3,(H,11,12,13);2-4H,1H3,(H,11,12). The van der Waals surface area contributed by atoms with Crippen LogP contribution >= 0.6 is 0 Å². The molecule has 1 aromatic carbocycles. The van der Waals surface area contributed by atoms with Crippen LogP contribution in [0.4, 0.5) is 9.59 Å². The van der Waals surface area contributed by atoms with Gasteiger partial charge in [-0.2, -0.15) is 5.26 Å². The molecule has 0 aliphatic rings. The number of aryl methyl sites for hydroxylation is 1. The second-order valence-corrected chi connectivity index (χ2v) is 7.58. The Labute approximate surface area is 159 Å². The number of nitriles is 1. The Kier molecular flexibility index (Phi) is 8.48. The van der Waals surface area contributed by atoms with Crippen LogP contribution in [0.3, 0.4) is 0 Å². The lowest BCUT2D eigenvalue weighted by Crippen LogP contribution is -2.39. The van der Waals surface area contributed by atoms with Crippen LogP contribution in [0, 0.1) is 18.3 Å². The van der Waals surface area contributed by atoms with Crippen LogP contribution in [0.15, 0.2) is 18.2 Å². The van der Waals surface area contributed by atoms with E-state index in [9.17, 15) is 14.4 Å². The quantitative estimate of drug-likeness (QED) is 0.756. The molecular formula is C19H26N2O6. The number of ether oxygens (including phenoxy) is 2. The molecule has 0 aliphatic carbocycles. The number of carbonyl (C=O) groups is 3. The third-order valence-corrected chi connectivity index (χ3v) is 2.61. The summed E-state index contributed by atoms with van der Waals surface area (Å²) < 4.78 is 9.74. The number of nitrogens with zero attached hydrogens (tertiary/aromatic N) is 1. The van der Waals surface area contributed by atoms with Crippen molar-refractivity contribution in [1.82, 2.24) is 5.32 Å². The van der Waals surface area contributed by atoms with E-state index in [-0.39, 0.29) is 5.56 Å². The van der Waals surface area contributed by atoms with Gasteiger partial charge in [0.1, 0.15) is 11.2 Å². The topological polar surface area (TPSA) is 126 Å². The Morgan fingerprint density at radius 1 is 1.00 bits per heavy atom. The molecule has 0 saturated carbocycles. The number of hydrogen-bond acceptors (Lipinski definition) is 6. The van der Waals surface area contributed by atoms with E-state index in [4.69, 9.17) is 19.8 Å². The zero-order valence-electron chi connectivity index (χ0n) is 16.7. The fourth-order valence-corrected chi connectivity index (χ4v) is 1.57. The highest BCUT2D eigenvalue weighted by Crippen LogP contribution is 2.10. The van der Waals surface area contributed by atoms with Gasteiger partial charge in [0.2, 0.25) is 0 Å². The molecular weight excluding hydrogens is 352 g/mol. The smallest absolute Gasteiger partial charge is 0.417 e. The molecule has 0 aliphatic heterocycles. The van der Waals surface area contributed by atoms with Gasteiger partial charge >= 0.3 is 18.2 Å². The van der Waals surface area contributed by atoms with Crippen LogP contribution in [0.25, 0.3) is 0 Å². The van der Waals surface area contributed by atoms with Crippen molar-refractivity contribution in [1.29, 1.82) is 5.26 Å². The molecule has 1 aromatic rings. The van der Waals surface area contributed by atoms with Gasteiger partial charge in [-0.3, -0.25) is 0 Å². The average Bonchev–Trinajstić information content (AvgIpc) is 2.43. The number of aromatic carboxylic acids is 1. The molecule has 148 valence electrons. The Bertz CT molecular complexity index is 710. The SMILES string of the molecule is CC(C)(C)OC(=O)NC(=O)OC(C)(C)C.Cc1ccc(C(=O)O)cc1C#N. The summed E-state index contributed by atoms with van der Waals surface area (Å²) in [6, 6.07) is 6.41. The fourth-order valence-electron chi connectivity index (χ4n) is 1.57. The Hall–Kier alpha value is -3.08. The number of carboxylic acids is 1. The molecule has 0 bridgehead atoms. The molecule has 27 heavy (non-hydrogen) atoms. The summed E-state index contributed by atoms with van der Waals surface area (Å²) in [6.07, 6.45) is -1.62. The summed E-state index contributed by atoms with van der Waals surface area (Å²) >= 11 is 0. The van der Waals surface area contributed by atoms with Gasteiger partial charge < -0.3 is 14.6 Å². The highest BCUT2D eigenvalue weighted by atomic mass is 16.6. The molecule has 0 aromatic heterocycles. The molecule has 0 saturated heterocycles. The van der Waals surface area contributed by atoms with E-state index in [1.54, 1.807) is 54.5 Å². The highest BCUT2D eigenvalue weighted by Gasteiger charge is 2.21. The first-order chi connectivity index (χ1) is 12.1. The maximum absolute atomic E-state index is 11.1. The zero-order valence-corrected chi connectivity index (χ0v) is 16.7. The van der Waals surface area contributed by atoms with Gasteiger partial charge in [0.25, 0.3) is 0 Å². The van der Waals surface area contributed by atoms with E-state index < -0.39 is 29.4 Å². The van der Waals surface area contributed by atoms with Crippen molar-refractivity contribution in [2.24, 2.45) is 0 Å². The first kappa shape index (κ1) is 23.9. The molecule has 0 heterocycles. The second-order valence-electron chi connectivity index (χ2n) is 7.58. The number of nitrogens with one attached hydrogen (secondary N) is 1. The van der Waals surface area contributed by atoms with Gasteiger partial charge in [-0.05, 0) is 66.2 Å². The van der Waals surface area contributed by atoms with E-state index in [2.05, 4.69) is 0 Å². The number of carboxylic acid groups (broad SMARTS) is 1. The summed E-state index contributed by atoms with van der Waals surface area (Å²) in [5.74, 6) is -1.01. The first-order valence-electron chi connectivity index (χ1n) is 8.11. The summed E-state index contributed by atoms with van der Waals surface area (Å²) in [5.41, 5.74) is 0.0904. The summed E-state index contributed by atoms with van der Waals surface area (Å²) in [6.45, 7) is 12.0. The molecule has 0 radical (unpaired) electrons. The van der Waals surface area contributed by atoms with Crippen LogP contribution in [0.2, 0.25) is 0 Å². The number of hydrogen-bond donors (Lipinski definition) is 2. The van der Waals surface area contributed by atoms with Crippen LogP contribution < -0.4 is 5.32 Å². The molecule has 8 heteroatoms. The average molecular weight is 378 g/mol. The lowest BCUT2D eigenvalue weighted by Gasteiger charge is -2.21. The fraction of sp³-hybridized carbons (Fsp3) is 0.474. The Morgan fingerprint density at radius 2 is 1.44 bits per heavy atom. The van der Waals surface area contributed by atoms with Crippen molar-refractivity contribution < 1.29 is 29.0 Å². The number of benzene rings is 1. The molecule has 0 fully saturated rings. The van der Waals surface area contributed by atoms with Gasteiger partial charge in [0.15, 0.2) is 0 Å². The highest BCUT2D eigenvalue weighted by molar-refractivity contribution is 5.88. The van der Waals surface area contributed by atoms with Gasteiger partial charge in [0.05, 0.1) is 17.2 Å². The molecule has 2 N–H and O–H groups in total. The van der Waals surface area contributed by atoms with Crippen molar-refractivity contribution in [3.05, 3.63) is 34.9 Å². The van der Waals surface area contributed by atoms with Crippen molar-refractivity contribution in [3.63, 3.8) is 0 Å². The van der Waals surface area contributed by atoms with Crippen molar-refractivity contribution in [2.75, 3.05) is 0 Å². The van der Waals surface area contributed by atoms with E-state index in [1.807, 2.05) is 11.4 Å². The molecule has 8 nitrogen and oxygen atoms in total. The third-order valence-electron chi connectivity index (χ3n) is 2.61. The van der Waals surface area contributed by atoms with E-state index in [0.29, 0.717) is 5.56 Å². The maximum atomic E-state index is 11.1. The van der Waals surface area contributed by atoms with Crippen LogP contribution in [0.5, 0.6) is 0 Å². The first-order valence-corrected chi connectivity index (χ1v) is 8.11. The maximum Gasteiger partial charge on any atom is 0.417 e. The van der Waals surface area contributed by atoms with E-state index in [1.165, 1.54) is 12.1 Å². The minimum absolute atomic E-state index is 0.150. The van der Waals surface area contributed by atoms with Crippen LogP contribution in [-0.2, 0) is 9.47 Å². The summed E-state index contributed by atoms with van der Waals surface area (Å²) in [4.78, 5) is 32.7. The lowest BCUT2D eigenvalue weighted by atomic mass is 10.1. The van der Waals surface area contributed by atoms with Crippen LogP contribution in [0.1, 0.15) is 63.0 Å². The van der Waals surface area contributed by atoms with Gasteiger partial charge in [-0.1, -0.05) is 6.07 Å². The van der Waals surface area contributed by atoms with Crippen LogP contribution in [-0.4, -0.2) is 34.5 Å². The van der Waals surface area contributed by atoms with Crippen molar-refractivity contribution in [3.8, 4) is 6.07 Å². The molecule has 2 amide bonds. The van der Waals surface area contributed by atoms with E-state index in [0.717, 1.165) is 5.56 Å². The molecule has 0 atom stereocenters. The molecule has 1 rings (SSSR count).